The van der Waals surface area contributed by atoms with Crippen molar-refractivity contribution >= 4 is 28.2 Å². The molecule has 2 aromatic carbocycles. The molecule has 54 heavy (non-hydrogen) atoms. The lowest BCUT2D eigenvalue weighted by Gasteiger charge is -2.62. The number of likely N-dealkylation sites (N-methyl/N-ethyl adjacent to an activating group) is 1. The van der Waals surface area contributed by atoms with Gasteiger partial charge in [-0.3, -0.25) is 14.4 Å². The Balaban J connectivity index is 1.48. The molecule has 0 spiro atoms. The Kier molecular flexibility index (Phi) is 13.4. The van der Waals surface area contributed by atoms with Crippen LogP contribution in [0.3, 0.4) is 0 Å². The Bertz CT molecular complexity index is 1720. The number of hydrogen-bond donors (Lipinski definition) is 5. The highest BCUT2D eigenvalue weighted by molar-refractivity contribution is 7.72. The highest BCUT2D eigenvalue weighted by Crippen LogP contribution is 2.61. The third kappa shape index (κ3) is 8.89. The molecule has 0 unspecified atom stereocenters. The number of para-hydroxylation sites is 1. The van der Waals surface area contributed by atoms with E-state index in [1.807, 2.05) is 69.2 Å². The lowest BCUT2D eigenvalue weighted by atomic mass is 9.45. The molecule has 13 nitrogen and oxygen atoms in total. The predicted octanol–water partition coefficient (Wildman–Crippen LogP) is 2.75. The van der Waals surface area contributed by atoms with Gasteiger partial charge in [0.2, 0.25) is 5.91 Å². The van der Waals surface area contributed by atoms with Crippen molar-refractivity contribution in [2.24, 2.45) is 29.1 Å². The Morgan fingerprint density at radius 1 is 1.13 bits per heavy atom. The lowest BCUT2D eigenvalue weighted by molar-refractivity contribution is -0.183. The standard InChI is InChI=1S/C40H61N5O8S/c1-10-52-37-25(12-11-13-31(37)26-14-27(16-30(15-26)44(8)9)38(48)41-29(20-43(6)7)22-54(50)51)19-45-36(35(24(3)47)34(21-46)53-45)39(49)42-33-18-28-17-32(23(33)2)40(28,4)5/h11-16,23-24,28-29,32-36,46-47,54H,10,17-22H2,1-9H3,(H,41,48)(H,42,49)/t23-,24-,28+,29+,32-,33-,34-,35+,36-/m0/s1. The lowest BCUT2D eigenvalue weighted by Crippen LogP contribution is -2.62. The molecule has 0 aromatic heterocycles. The quantitative estimate of drug-likeness (QED) is 0.160. The van der Waals surface area contributed by atoms with Crippen molar-refractivity contribution in [1.29, 1.82) is 0 Å². The number of rotatable bonds is 16. The largest absolute Gasteiger partial charge is 0.493 e. The second-order valence-electron chi connectivity index (χ2n) is 16.6. The van der Waals surface area contributed by atoms with Crippen LogP contribution in [-0.2, 0) is 26.9 Å². The van der Waals surface area contributed by atoms with Gasteiger partial charge in [-0.1, -0.05) is 39.0 Å². The molecule has 1 aliphatic heterocycles. The zero-order chi connectivity index (χ0) is 39.6. The van der Waals surface area contributed by atoms with Crippen molar-refractivity contribution in [3.63, 3.8) is 0 Å². The third-order valence-electron chi connectivity index (χ3n) is 12.1. The summed E-state index contributed by atoms with van der Waals surface area (Å²) in [5.74, 6) is 0.456. The summed E-state index contributed by atoms with van der Waals surface area (Å²) in [5.41, 5.74) is 3.51. The van der Waals surface area contributed by atoms with Gasteiger partial charge in [-0.05, 0) is 87.7 Å². The first-order chi connectivity index (χ1) is 25.5. The summed E-state index contributed by atoms with van der Waals surface area (Å²) in [6.07, 6.45) is 0.374. The van der Waals surface area contributed by atoms with E-state index >= 15 is 0 Å². The summed E-state index contributed by atoms with van der Waals surface area (Å²) in [6.45, 7) is 10.8. The molecule has 3 saturated carbocycles. The fourth-order valence-corrected chi connectivity index (χ4v) is 9.66. The Morgan fingerprint density at radius 2 is 1.85 bits per heavy atom. The van der Waals surface area contributed by atoms with Crippen LogP contribution in [0.15, 0.2) is 36.4 Å². The van der Waals surface area contributed by atoms with Crippen LogP contribution in [0.5, 0.6) is 5.75 Å². The number of hydroxylamine groups is 2. The van der Waals surface area contributed by atoms with Crippen LogP contribution in [0.2, 0.25) is 0 Å². The Hall–Kier alpha value is -3.27. The van der Waals surface area contributed by atoms with Gasteiger partial charge >= 0.3 is 0 Å². The monoisotopic (exact) mass is 771 g/mol. The van der Waals surface area contributed by atoms with Crippen molar-refractivity contribution in [2.45, 2.75) is 84.3 Å². The first kappa shape index (κ1) is 41.9. The summed E-state index contributed by atoms with van der Waals surface area (Å²) in [4.78, 5) is 37.9. The summed E-state index contributed by atoms with van der Waals surface area (Å²) in [5, 5.41) is 29.1. The van der Waals surface area contributed by atoms with Crippen LogP contribution in [-0.4, -0.2) is 124 Å². The number of carbonyl (C=O) groups excluding carboxylic acids is 2. The van der Waals surface area contributed by atoms with Crippen LogP contribution in [0, 0.1) is 29.1 Å². The summed E-state index contributed by atoms with van der Waals surface area (Å²) in [7, 11) is 4.68. The van der Waals surface area contributed by atoms with Crippen molar-refractivity contribution < 1.29 is 37.8 Å². The molecule has 0 radical (unpaired) electrons. The zero-order valence-corrected chi connectivity index (χ0v) is 34.1. The minimum absolute atomic E-state index is 0.0119. The summed E-state index contributed by atoms with van der Waals surface area (Å²) < 4.78 is 29.5. The van der Waals surface area contributed by atoms with Gasteiger partial charge in [0.1, 0.15) is 28.6 Å². The van der Waals surface area contributed by atoms with Gasteiger partial charge in [0, 0.05) is 55.0 Å². The maximum atomic E-state index is 14.3. The molecule has 2 amide bonds. The molecule has 1 heterocycles. The Labute approximate surface area is 322 Å². The van der Waals surface area contributed by atoms with E-state index in [0.717, 1.165) is 17.7 Å². The first-order valence-electron chi connectivity index (χ1n) is 19.1. The van der Waals surface area contributed by atoms with Gasteiger partial charge in [-0.2, -0.15) is 5.06 Å². The Morgan fingerprint density at radius 3 is 2.43 bits per heavy atom. The van der Waals surface area contributed by atoms with E-state index in [-0.39, 0.29) is 36.3 Å². The molecule has 9 atom stereocenters. The maximum absolute atomic E-state index is 14.3. The number of aliphatic hydroxyl groups is 2. The SMILES string of the molecule is CCOc1c(CN2O[C@@H](CO)[C@@H]([C@H](C)O)[C@H]2C(=O)N[C@H]2C[C@H]3C[C@@H]([C@@H]2C)C3(C)C)cccc1-c1cc(C(=O)N[C@H](CN(C)C)C[SH](=O)=O)cc(N(C)C)c1. The number of thiol groups is 1. The minimum Gasteiger partial charge on any atom is -0.493 e. The molecule has 4 N–H and O–H groups in total. The molecule has 14 heteroatoms. The number of fused-ring (bicyclic) bond motifs is 2. The van der Waals surface area contributed by atoms with Gasteiger partial charge in [0.05, 0.1) is 37.7 Å². The van der Waals surface area contributed by atoms with Crippen LogP contribution in [0.25, 0.3) is 11.1 Å². The van der Waals surface area contributed by atoms with Crippen LogP contribution >= 0.6 is 0 Å². The summed E-state index contributed by atoms with van der Waals surface area (Å²) >= 11 is 0. The van der Waals surface area contributed by atoms with Crippen LogP contribution in [0.4, 0.5) is 5.69 Å². The molecule has 1 saturated heterocycles. The number of amides is 2. The average Bonchev–Trinajstić information content (AvgIpc) is 3.47. The van der Waals surface area contributed by atoms with Gasteiger partial charge in [-0.15, -0.1) is 0 Å². The van der Waals surface area contributed by atoms with E-state index < -0.39 is 46.8 Å². The molecule has 2 bridgehead atoms. The predicted molar refractivity (Wildman–Crippen MR) is 210 cm³/mol. The van der Waals surface area contributed by atoms with E-state index in [1.54, 1.807) is 24.1 Å². The van der Waals surface area contributed by atoms with E-state index in [2.05, 4.69) is 31.4 Å². The number of carbonyl (C=O) groups is 2. The smallest absolute Gasteiger partial charge is 0.251 e. The van der Waals surface area contributed by atoms with E-state index in [0.29, 0.717) is 53.3 Å². The number of aliphatic hydroxyl groups excluding tert-OH is 2. The van der Waals surface area contributed by atoms with Gasteiger partial charge < -0.3 is 35.4 Å². The minimum atomic E-state index is -2.71. The molecular weight excluding hydrogens is 711 g/mol. The normalized spacial score (nSPS) is 27.3. The topological polar surface area (TPSA) is 161 Å². The number of hydrogen-bond acceptors (Lipinski definition) is 11. The molecule has 6 rings (SSSR count). The number of ether oxygens (including phenoxy) is 1. The van der Waals surface area contributed by atoms with Gasteiger partial charge in [0.25, 0.3) is 5.91 Å². The zero-order valence-electron chi connectivity index (χ0n) is 33.2. The van der Waals surface area contributed by atoms with E-state index in [1.165, 1.54) is 6.42 Å². The molecule has 3 aliphatic carbocycles. The van der Waals surface area contributed by atoms with Crippen molar-refractivity contribution in [3.05, 3.63) is 47.5 Å². The molecule has 4 fully saturated rings. The average molecular weight is 772 g/mol. The van der Waals surface area contributed by atoms with Crippen LogP contribution in [0.1, 0.15) is 63.4 Å². The summed E-state index contributed by atoms with van der Waals surface area (Å²) in [6, 6.07) is 9.71. The van der Waals surface area contributed by atoms with Crippen molar-refractivity contribution in [1.82, 2.24) is 20.6 Å². The third-order valence-corrected chi connectivity index (χ3v) is 12.8. The highest BCUT2D eigenvalue weighted by atomic mass is 32.2. The fraction of sp³-hybridized carbons (Fsp3) is 0.650. The van der Waals surface area contributed by atoms with E-state index in [9.17, 15) is 28.2 Å². The highest BCUT2D eigenvalue weighted by Gasteiger charge is 2.57. The molecule has 4 aliphatic rings. The maximum Gasteiger partial charge on any atom is 0.251 e. The van der Waals surface area contributed by atoms with Crippen LogP contribution < -0.4 is 20.3 Å². The molecule has 2 aromatic rings. The van der Waals surface area contributed by atoms with E-state index in [4.69, 9.17) is 9.57 Å². The number of nitrogens with one attached hydrogen (secondary N) is 2. The van der Waals surface area contributed by atoms with Crippen molar-refractivity contribution in [2.75, 3.05) is 58.6 Å². The fourth-order valence-electron chi connectivity index (χ4n) is 9.10. The first-order valence-corrected chi connectivity index (χ1v) is 20.5. The number of anilines is 1. The van der Waals surface area contributed by atoms with Gasteiger partial charge in [-0.25, -0.2) is 8.42 Å². The number of benzene rings is 2. The second-order valence-corrected chi connectivity index (χ2v) is 17.6. The van der Waals surface area contributed by atoms with Crippen molar-refractivity contribution in [3.8, 4) is 16.9 Å². The van der Waals surface area contributed by atoms with Gasteiger partial charge in [0.15, 0.2) is 0 Å². The number of nitrogens with zero attached hydrogens (tertiary/aromatic N) is 3. The second kappa shape index (κ2) is 17.3. The molecule has 300 valence electrons. The molecular formula is C40H61N5O8S.